The molecule has 0 saturated heterocycles. The Hall–Kier alpha value is -1.04. The van der Waals surface area contributed by atoms with E-state index in [0.29, 0.717) is 5.33 Å². The normalized spacial score (nSPS) is 11.7. The molecule has 1 aromatic carbocycles. The quantitative estimate of drug-likeness (QED) is 0.760. The van der Waals surface area contributed by atoms with Crippen LogP contribution in [0.4, 0.5) is 13.2 Å². The van der Waals surface area contributed by atoms with Crippen molar-refractivity contribution < 1.29 is 18.0 Å². The summed E-state index contributed by atoms with van der Waals surface area (Å²) in [5, 5.41) is 0.637. The third-order valence-corrected chi connectivity index (χ3v) is 3.24. The number of amides is 1. The lowest BCUT2D eigenvalue weighted by Gasteiger charge is -2.27. The minimum atomic E-state index is -4.39. The van der Waals surface area contributed by atoms with Crippen LogP contribution in [0.1, 0.15) is 29.8 Å². The highest BCUT2D eigenvalue weighted by atomic mass is 79.9. The van der Waals surface area contributed by atoms with Crippen LogP contribution in [0, 0.1) is 0 Å². The first kappa shape index (κ1) is 16.0. The number of benzene rings is 1. The second kappa shape index (κ2) is 6.41. The number of nitrogens with zero attached hydrogens (tertiary/aromatic N) is 1. The zero-order valence-corrected chi connectivity index (χ0v) is 12.3. The SMILES string of the molecule is CC(C)N(CC(F)(F)F)C(=O)c1ccc(CBr)cc1. The van der Waals surface area contributed by atoms with Gasteiger partial charge in [-0.05, 0) is 31.5 Å². The molecule has 0 saturated carbocycles. The van der Waals surface area contributed by atoms with Gasteiger partial charge in [0, 0.05) is 16.9 Å². The van der Waals surface area contributed by atoms with Gasteiger partial charge in [0.25, 0.3) is 5.91 Å². The molecule has 0 aromatic heterocycles. The van der Waals surface area contributed by atoms with Gasteiger partial charge in [-0.3, -0.25) is 4.79 Å². The summed E-state index contributed by atoms with van der Waals surface area (Å²) >= 11 is 3.27. The van der Waals surface area contributed by atoms with Crippen LogP contribution in [0.2, 0.25) is 0 Å². The van der Waals surface area contributed by atoms with Gasteiger partial charge in [-0.2, -0.15) is 13.2 Å². The van der Waals surface area contributed by atoms with Gasteiger partial charge in [-0.15, -0.1) is 0 Å². The zero-order chi connectivity index (χ0) is 14.6. The largest absolute Gasteiger partial charge is 0.406 e. The second-order valence-electron chi connectivity index (χ2n) is 4.47. The van der Waals surface area contributed by atoms with E-state index in [0.717, 1.165) is 10.5 Å². The molecule has 106 valence electrons. The van der Waals surface area contributed by atoms with Crippen LogP contribution in [0.25, 0.3) is 0 Å². The standard InChI is InChI=1S/C13H15BrF3NO/c1-9(2)18(8-13(15,16)17)12(19)11-5-3-10(7-14)4-6-11/h3-6,9H,7-8H2,1-2H3. The topological polar surface area (TPSA) is 20.3 Å². The molecule has 0 radical (unpaired) electrons. The second-order valence-corrected chi connectivity index (χ2v) is 5.03. The molecule has 0 fully saturated rings. The van der Waals surface area contributed by atoms with Crippen molar-refractivity contribution >= 4 is 21.8 Å². The monoisotopic (exact) mass is 337 g/mol. The molecule has 0 aliphatic rings. The average Bonchev–Trinajstić information content (AvgIpc) is 2.34. The number of carbonyl (C=O) groups excluding carboxylic acids is 1. The van der Waals surface area contributed by atoms with Crippen molar-refractivity contribution in [3.63, 3.8) is 0 Å². The zero-order valence-electron chi connectivity index (χ0n) is 10.7. The minimum Gasteiger partial charge on any atom is -0.327 e. The molecular formula is C13H15BrF3NO. The Morgan fingerprint density at radius 3 is 2.16 bits per heavy atom. The van der Waals surface area contributed by atoms with E-state index in [-0.39, 0.29) is 5.56 Å². The van der Waals surface area contributed by atoms with Gasteiger partial charge in [0.05, 0.1) is 0 Å². The number of carbonyl (C=O) groups is 1. The Morgan fingerprint density at radius 2 is 1.79 bits per heavy atom. The molecule has 2 nitrogen and oxygen atoms in total. The predicted octanol–water partition coefficient (Wildman–Crippen LogP) is 3.99. The highest BCUT2D eigenvalue weighted by Gasteiger charge is 2.34. The first-order valence-electron chi connectivity index (χ1n) is 5.77. The van der Waals surface area contributed by atoms with Crippen molar-refractivity contribution in [3.05, 3.63) is 35.4 Å². The van der Waals surface area contributed by atoms with Crippen molar-refractivity contribution in [2.45, 2.75) is 31.4 Å². The lowest BCUT2D eigenvalue weighted by Crippen LogP contribution is -2.43. The van der Waals surface area contributed by atoms with E-state index in [9.17, 15) is 18.0 Å². The third kappa shape index (κ3) is 4.86. The van der Waals surface area contributed by atoms with Crippen molar-refractivity contribution in [1.82, 2.24) is 4.90 Å². The number of hydrogen-bond acceptors (Lipinski definition) is 1. The summed E-state index contributed by atoms with van der Waals surface area (Å²) < 4.78 is 37.4. The Bertz CT molecular complexity index is 429. The minimum absolute atomic E-state index is 0.266. The van der Waals surface area contributed by atoms with E-state index in [2.05, 4.69) is 15.9 Å². The van der Waals surface area contributed by atoms with Gasteiger partial charge in [-0.25, -0.2) is 0 Å². The van der Waals surface area contributed by atoms with Crippen LogP contribution < -0.4 is 0 Å². The summed E-state index contributed by atoms with van der Waals surface area (Å²) in [6.07, 6.45) is -4.39. The molecule has 0 spiro atoms. The molecule has 0 aliphatic carbocycles. The summed E-state index contributed by atoms with van der Waals surface area (Å²) in [6.45, 7) is 1.90. The van der Waals surface area contributed by atoms with Gasteiger partial charge in [-0.1, -0.05) is 28.1 Å². The van der Waals surface area contributed by atoms with Crippen molar-refractivity contribution in [1.29, 1.82) is 0 Å². The number of hydrogen-bond donors (Lipinski definition) is 0. The van der Waals surface area contributed by atoms with E-state index in [1.54, 1.807) is 38.1 Å². The Labute approximate surface area is 118 Å². The smallest absolute Gasteiger partial charge is 0.327 e. The molecule has 1 rings (SSSR count). The fourth-order valence-electron chi connectivity index (χ4n) is 1.58. The lowest BCUT2D eigenvalue weighted by molar-refractivity contribution is -0.143. The van der Waals surface area contributed by atoms with Gasteiger partial charge in [0.2, 0.25) is 0 Å². The lowest BCUT2D eigenvalue weighted by atomic mass is 10.1. The molecule has 1 aromatic rings. The first-order chi connectivity index (χ1) is 8.74. The Morgan fingerprint density at radius 1 is 1.26 bits per heavy atom. The average molecular weight is 338 g/mol. The molecule has 0 N–H and O–H groups in total. The van der Waals surface area contributed by atoms with Gasteiger partial charge in [0.1, 0.15) is 6.54 Å². The molecule has 1 amide bonds. The summed E-state index contributed by atoms with van der Waals surface area (Å²) in [5.74, 6) is -0.603. The van der Waals surface area contributed by atoms with Gasteiger partial charge < -0.3 is 4.90 Å². The van der Waals surface area contributed by atoms with Crippen LogP contribution in [-0.4, -0.2) is 29.6 Å². The number of halogens is 4. The molecule has 19 heavy (non-hydrogen) atoms. The molecule has 0 bridgehead atoms. The highest BCUT2D eigenvalue weighted by molar-refractivity contribution is 9.08. The first-order valence-corrected chi connectivity index (χ1v) is 6.89. The third-order valence-electron chi connectivity index (χ3n) is 2.59. The molecular weight excluding hydrogens is 323 g/mol. The highest BCUT2D eigenvalue weighted by Crippen LogP contribution is 2.20. The Kier molecular flexibility index (Phi) is 5.40. The van der Waals surface area contributed by atoms with E-state index in [4.69, 9.17) is 0 Å². The van der Waals surface area contributed by atoms with Crippen LogP contribution >= 0.6 is 15.9 Å². The molecule has 0 heterocycles. The van der Waals surface area contributed by atoms with Gasteiger partial charge in [0.15, 0.2) is 0 Å². The van der Waals surface area contributed by atoms with Crippen LogP contribution in [0.3, 0.4) is 0 Å². The summed E-state index contributed by atoms with van der Waals surface area (Å²) in [7, 11) is 0. The summed E-state index contributed by atoms with van der Waals surface area (Å²) in [5.41, 5.74) is 1.23. The molecule has 0 atom stereocenters. The maximum absolute atomic E-state index is 12.5. The number of rotatable bonds is 4. The maximum atomic E-state index is 12.5. The fourth-order valence-corrected chi connectivity index (χ4v) is 1.96. The molecule has 0 unspecified atom stereocenters. The van der Waals surface area contributed by atoms with Gasteiger partial charge >= 0.3 is 6.18 Å². The summed E-state index contributed by atoms with van der Waals surface area (Å²) in [6, 6.07) is 6.02. The van der Waals surface area contributed by atoms with Crippen LogP contribution in [0.5, 0.6) is 0 Å². The van der Waals surface area contributed by atoms with E-state index >= 15 is 0 Å². The van der Waals surface area contributed by atoms with E-state index < -0.39 is 24.7 Å². The predicted molar refractivity (Wildman–Crippen MR) is 71.3 cm³/mol. The van der Waals surface area contributed by atoms with E-state index in [1.807, 2.05) is 0 Å². The molecule has 0 aliphatic heterocycles. The van der Waals surface area contributed by atoms with Crippen LogP contribution in [0.15, 0.2) is 24.3 Å². The van der Waals surface area contributed by atoms with Crippen molar-refractivity contribution in [2.24, 2.45) is 0 Å². The van der Waals surface area contributed by atoms with Crippen LogP contribution in [-0.2, 0) is 5.33 Å². The number of alkyl halides is 4. The molecule has 6 heteroatoms. The summed E-state index contributed by atoms with van der Waals surface area (Å²) in [4.78, 5) is 12.9. The van der Waals surface area contributed by atoms with Crippen molar-refractivity contribution in [2.75, 3.05) is 6.54 Å². The van der Waals surface area contributed by atoms with E-state index in [1.165, 1.54) is 0 Å². The van der Waals surface area contributed by atoms with Crippen molar-refractivity contribution in [3.8, 4) is 0 Å². The fraction of sp³-hybridized carbons (Fsp3) is 0.462. The Balaban J connectivity index is 2.92. The maximum Gasteiger partial charge on any atom is 0.406 e.